The van der Waals surface area contributed by atoms with E-state index < -0.39 is 11.6 Å². The minimum Gasteiger partial charge on any atom is -0.334 e. The lowest BCUT2D eigenvalue weighted by Crippen LogP contribution is -2.31. The molecule has 0 bridgehead atoms. The molecule has 1 N–H and O–H groups in total. The Morgan fingerprint density at radius 1 is 1.33 bits per heavy atom. The molecule has 112 valence electrons. The van der Waals surface area contributed by atoms with Gasteiger partial charge in [-0.15, -0.1) is 0 Å². The zero-order valence-electron chi connectivity index (χ0n) is 11.2. The first kappa shape index (κ1) is 14.6. The molecule has 2 aromatic rings. The number of nitrogens with zero attached hydrogens (tertiary/aromatic N) is 2. The van der Waals surface area contributed by atoms with Gasteiger partial charge in [-0.1, -0.05) is 21.1 Å². The normalized spacial score (nSPS) is 18.9. The van der Waals surface area contributed by atoms with Crippen molar-refractivity contribution in [3.8, 4) is 11.5 Å². The molecule has 21 heavy (non-hydrogen) atoms. The van der Waals surface area contributed by atoms with E-state index in [1.54, 1.807) is 0 Å². The Labute approximate surface area is 129 Å². The molecule has 1 atom stereocenters. The van der Waals surface area contributed by atoms with Crippen molar-refractivity contribution in [2.75, 3.05) is 13.1 Å². The van der Waals surface area contributed by atoms with Crippen molar-refractivity contribution in [1.29, 1.82) is 0 Å². The molecule has 1 fully saturated rings. The summed E-state index contributed by atoms with van der Waals surface area (Å²) in [6.45, 7) is 1.94. The highest BCUT2D eigenvalue weighted by molar-refractivity contribution is 9.10. The lowest BCUT2D eigenvalue weighted by atomic mass is 9.96. The molecule has 0 aliphatic carbocycles. The maximum Gasteiger partial charge on any atom is 0.263 e. The summed E-state index contributed by atoms with van der Waals surface area (Å²) < 4.78 is 33.1. The Bertz CT molecular complexity index is 618. The van der Waals surface area contributed by atoms with E-state index in [1.165, 1.54) is 12.1 Å². The third-order valence-corrected chi connectivity index (χ3v) is 4.02. The van der Waals surface area contributed by atoms with E-state index in [4.69, 9.17) is 4.52 Å². The van der Waals surface area contributed by atoms with Crippen molar-refractivity contribution in [1.82, 2.24) is 15.5 Å². The summed E-state index contributed by atoms with van der Waals surface area (Å²) in [5.74, 6) is -0.645. The second-order valence-corrected chi connectivity index (χ2v) is 6.09. The second kappa shape index (κ2) is 6.19. The predicted octanol–water partition coefficient (Wildman–Crippen LogP) is 3.32. The highest BCUT2D eigenvalue weighted by Gasteiger charge is 2.21. The summed E-state index contributed by atoms with van der Waals surface area (Å²) in [5, 5.41) is 7.14. The number of hydrogen-bond acceptors (Lipinski definition) is 4. The number of benzene rings is 1. The fourth-order valence-corrected chi connectivity index (χ4v) is 2.94. The molecule has 1 unspecified atom stereocenters. The minimum absolute atomic E-state index is 0.115. The van der Waals surface area contributed by atoms with Crippen LogP contribution in [-0.2, 0) is 6.42 Å². The Kier molecular flexibility index (Phi) is 4.30. The highest BCUT2D eigenvalue weighted by Crippen LogP contribution is 2.28. The number of hydrogen-bond donors (Lipinski definition) is 1. The first-order valence-corrected chi connectivity index (χ1v) is 7.61. The average molecular weight is 358 g/mol. The van der Waals surface area contributed by atoms with Crippen molar-refractivity contribution in [2.45, 2.75) is 19.3 Å². The van der Waals surface area contributed by atoms with Gasteiger partial charge in [-0.25, -0.2) is 8.78 Å². The predicted molar refractivity (Wildman–Crippen MR) is 76.6 cm³/mol. The summed E-state index contributed by atoms with van der Waals surface area (Å²) in [7, 11) is 0. The highest BCUT2D eigenvalue weighted by atomic mass is 79.9. The second-order valence-electron chi connectivity index (χ2n) is 5.18. The van der Waals surface area contributed by atoms with Gasteiger partial charge in [-0.3, -0.25) is 0 Å². The molecule has 0 spiro atoms. The van der Waals surface area contributed by atoms with Crippen molar-refractivity contribution in [2.24, 2.45) is 5.92 Å². The topological polar surface area (TPSA) is 51.0 Å². The summed E-state index contributed by atoms with van der Waals surface area (Å²) in [6.07, 6.45) is 2.86. The van der Waals surface area contributed by atoms with E-state index in [2.05, 4.69) is 31.4 Å². The van der Waals surface area contributed by atoms with Crippen molar-refractivity contribution < 1.29 is 13.3 Å². The van der Waals surface area contributed by atoms with E-state index in [0.717, 1.165) is 25.9 Å². The lowest BCUT2D eigenvalue weighted by Gasteiger charge is -2.20. The summed E-state index contributed by atoms with van der Waals surface area (Å²) in [4.78, 5) is 4.13. The van der Waals surface area contributed by atoms with Crippen LogP contribution in [0.1, 0.15) is 18.7 Å². The minimum atomic E-state index is -0.726. The first-order chi connectivity index (χ1) is 10.1. The van der Waals surface area contributed by atoms with Crippen LogP contribution in [0.25, 0.3) is 11.5 Å². The monoisotopic (exact) mass is 357 g/mol. The van der Waals surface area contributed by atoms with E-state index in [1.807, 2.05) is 0 Å². The molecule has 1 aliphatic rings. The van der Waals surface area contributed by atoms with Gasteiger partial charge < -0.3 is 9.84 Å². The smallest absolute Gasteiger partial charge is 0.263 e. The van der Waals surface area contributed by atoms with Gasteiger partial charge in [0.15, 0.2) is 5.82 Å². The number of halogens is 3. The molecule has 4 nitrogen and oxygen atoms in total. The van der Waals surface area contributed by atoms with Crippen LogP contribution in [-0.4, -0.2) is 23.2 Å². The van der Waals surface area contributed by atoms with Crippen LogP contribution in [0.15, 0.2) is 21.1 Å². The Morgan fingerprint density at radius 2 is 2.10 bits per heavy atom. The number of nitrogens with one attached hydrogen (secondary N) is 1. The van der Waals surface area contributed by atoms with Crippen molar-refractivity contribution in [3.63, 3.8) is 0 Å². The molecule has 1 aromatic heterocycles. The quantitative estimate of drug-likeness (QED) is 0.915. The lowest BCUT2D eigenvalue weighted by molar-refractivity contribution is 0.359. The number of piperidine rings is 1. The van der Waals surface area contributed by atoms with Gasteiger partial charge in [0.2, 0.25) is 0 Å². The first-order valence-electron chi connectivity index (χ1n) is 6.81. The fourth-order valence-electron chi connectivity index (χ4n) is 2.54. The molecular weight excluding hydrogens is 344 g/mol. The Hall–Kier alpha value is -1.34. The van der Waals surface area contributed by atoms with Crippen LogP contribution in [0, 0.1) is 17.6 Å². The summed E-state index contributed by atoms with van der Waals surface area (Å²) in [6, 6.07) is 2.35. The third kappa shape index (κ3) is 3.29. The van der Waals surface area contributed by atoms with Gasteiger partial charge in [0.1, 0.15) is 17.2 Å². The van der Waals surface area contributed by atoms with E-state index in [-0.39, 0.29) is 11.5 Å². The zero-order valence-corrected chi connectivity index (χ0v) is 12.8. The summed E-state index contributed by atoms with van der Waals surface area (Å²) in [5.41, 5.74) is -0.279. The Morgan fingerprint density at radius 3 is 2.76 bits per heavy atom. The number of aromatic nitrogens is 2. The van der Waals surface area contributed by atoms with Crippen molar-refractivity contribution in [3.05, 3.63) is 34.1 Å². The zero-order chi connectivity index (χ0) is 14.8. The number of rotatable bonds is 3. The van der Waals surface area contributed by atoms with Crippen LogP contribution in [0.4, 0.5) is 8.78 Å². The van der Waals surface area contributed by atoms with E-state index in [9.17, 15) is 8.78 Å². The molecule has 1 aliphatic heterocycles. The maximum atomic E-state index is 13.9. The van der Waals surface area contributed by atoms with Crippen LogP contribution in [0.3, 0.4) is 0 Å². The van der Waals surface area contributed by atoms with Gasteiger partial charge in [0.05, 0.1) is 0 Å². The molecule has 0 saturated carbocycles. The van der Waals surface area contributed by atoms with Gasteiger partial charge in [0, 0.05) is 10.9 Å². The van der Waals surface area contributed by atoms with E-state index >= 15 is 0 Å². The van der Waals surface area contributed by atoms with Gasteiger partial charge in [0.25, 0.3) is 5.89 Å². The molecule has 2 heterocycles. The fraction of sp³-hybridized carbons (Fsp3) is 0.429. The average Bonchev–Trinajstić information content (AvgIpc) is 2.87. The Balaban J connectivity index is 1.81. The molecule has 0 amide bonds. The SMILES string of the molecule is Fc1cc(Br)cc(F)c1-c1nc(CC2CCCNC2)no1. The van der Waals surface area contributed by atoms with Crippen LogP contribution in [0.2, 0.25) is 0 Å². The molecule has 3 rings (SSSR count). The molecule has 0 radical (unpaired) electrons. The van der Waals surface area contributed by atoms with Gasteiger partial charge in [-0.05, 0) is 44.0 Å². The van der Waals surface area contributed by atoms with Crippen LogP contribution < -0.4 is 5.32 Å². The van der Waals surface area contributed by atoms with Crippen LogP contribution >= 0.6 is 15.9 Å². The maximum absolute atomic E-state index is 13.9. The third-order valence-electron chi connectivity index (χ3n) is 3.56. The molecule has 7 heteroatoms. The molecule has 1 saturated heterocycles. The van der Waals surface area contributed by atoms with Crippen molar-refractivity contribution >= 4 is 15.9 Å². The van der Waals surface area contributed by atoms with Gasteiger partial charge in [-0.2, -0.15) is 4.98 Å². The summed E-state index contributed by atoms with van der Waals surface area (Å²) >= 11 is 3.04. The van der Waals surface area contributed by atoms with Crippen LogP contribution in [0.5, 0.6) is 0 Å². The molecular formula is C14H14BrF2N3O. The van der Waals surface area contributed by atoms with Gasteiger partial charge >= 0.3 is 0 Å². The molecule has 1 aromatic carbocycles. The standard InChI is InChI=1S/C14H14BrF2N3O/c15-9-5-10(16)13(11(17)6-9)14-19-12(20-21-14)4-8-2-1-3-18-7-8/h5-6,8,18H,1-4,7H2. The van der Waals surface area contributed by atoms with E-state index in [0.29, 0.717) is 22.6 Å². The largest absolute Gasteiger partial charge is 0.334 e.